The van der Waals surface area contributed by atoms with Gasteiger partial charge in [0.1, 0.15) is 5.82 Å². The summed E-state index contributed by atoms with van der Waals surface area (Å²) < 4.78 is 13.7. The van der Waals surface area contributed by atoms with Crippen LogP contribution in [-0.2, 0) is 0 Å². The highest BCUT2D eigenvalue weighted by molar-refractivity contribution is 5.21. The van der Waals surface area contributed by atoms with Gasteiger partial charge in [-0.2, -0.15) is 0 Å². The van der Waals surface area contributed by atoms with Gasteiger partial charge in [-0.25, -0.2) is 4.39 Å². The second kappa shape index (κ2) is 6.72. The number of hydrogen-bond donors (Lipinski definition) is 1. The first-order chi connectivity index (χ1) is 8.06. The first-order valence-corrected chi connectivity index (χ1v) is 6.20. The minimum Gasteiger partial charge on any atom is -0.308 e. The Hall–Kier alpha value is -0.930. The van der Waals surface area contributed by atoms with Gasteiger partial charge in [0.15, 0.2) is 0 Å². The Morgan fingerprint density at radius 1 is 1.29 bits per heavy atom. The van der Waals surface area contributed by atoms with Crippen LogP contribution in [0.25, 0.3) is 0 Å². The summed E-state index contributed by atoms with van der Waals surface area (Å²) in [4.78, 5) is 2.15. The van der Waals surface area contributed by atoms with E-state index in [9.17, 15) is 4.39 Å². The van der Waals surface area contributed by atoms with E-state index in [0.717, 1.165) is 18.5 Å². The molecule has 0 saturated carbocycles. The molecule has 0 amide bonds. The molecular formula is C14H23FN2. The molecule has 0 aliphatic carbocycles. The quantitative estimate of drug-likeness (QED) is 0.820. The zero-order valence-electron chi connectivity index (χ0n) is 11.2. The average Bonchev–Trinajstić information content (AvgIpc) is 2.31. The molecule has 0 fully saturated rings. The lowest BCUT2D eigenvalue weighted by molar-refractivity contribution is 0.291. The minimum absolute atomic E-state index is 0.0959. The molecular weight excluding hydrogens is 215 g/mol. The van der Waals surface area contributed by atoms with Gasteiger partial charge < -0.3 is 10.2 Å². The zero-order valence-corrected chi connectivity index (χ0v) is 11.2. The summed E-state index contributed by atoms with van der Waals surface area (Å²) in [6, 6.07) is 7.53. The van der Waals surface area contributed by atoms with Crippen molar-refractivity contribution in [1.82, 2.24) is 10.2 Å². The SMILES string of the molecule is CCC(NCC(C)N(C)C)c1ccccc1F. The Labute approximate surface area is 104 Å². The Morgan fingerprint density at radius 3 is 2.47 bits per heavy atom. The number of hydrogen-bond acceptors (Lipinski definition) is 2. The van der Waals surface area contributed by atoms with Crippen molar-refractivity contribution in [1.29, 1.82) is 0 Å². The van der Waals surface area contributed by atoms with Crippen LogP contribution in [0, 0.1) is 5.82 Å². The molecule has 1 aromatic carbocycles. The maximum atomic E-state index is 13.7. The molecule has 0 aliphatic rings. The van der Waals surface area contributed by atoms with Crippen molar-refractivity contribution >= 4 is 0 Å². The van der Waals surface area contributed by atoms with Crippen LogP contribution >= 0.6 is 0 Å². The molecule has 0 bridgehead atoms. The molecule has 0 spiro atoms. The van der Waals surface area contributed by atoms with Crippen LogP contribution in [0.2, 0.25) is 0 Å². The van der Waals surface area contributed by atoms with Crippen molar-refractivity contribution in [2.45, 2.75) is 32.4 Å². The summed E-state index contributed by atoms with van der Waals surface area (Å²) in [7, 11) is 4.10. The van der Waals surface area contributed by atoms with Crippen LogP contribution in [0.15, 0.2) is 24.3 Å². The molecule has 0 heterocycles. The van der Waals surface area contributed by atoms with Gasteiger partial charge in [-0.1, -0.05) is 25.1 Å². The zero-order chi connectivity index (χ0) is 12.8. The fourth-order valence-electron chi connectivity index (χ4n) is 1.73. The fourth-order valence-corrected chi connectivity index (χ4v) is 1.73. The predicted octanol–water partition coefficient (Wildman–Crippen LogP) is 2.82. The highest BCUT2D eigenvalue weighted by Crippen LogP contribution is 2.19. The molecule has 1 aromatic rings. The molecule has 0 aliphatic heterocycles. The maximum absolute atomic E-state index is 13.7. The largest absolute Gasteiger partial charge is 0.308 e. The van der Waals surface area contributed by atoms with Crippen LogP contribution in [0.1, 0.15) is 31.9 Å². The number of halogens is 1. The maximum Gasteiger partial charge on any atom is 0.127 e. The third-order valence-electron chi connectivity index (χ3n) is 3.23. The van der Waals surface area contributed by atoms with Crippen molar-refractivity contribution in [3.05, 3.63) is 35.6 Å². The molecule has 17 heavy (non-hydrogen) atoms. The van der Waals surface area contributed by atoms with E-state index in [2.05, 4.69) is 38.2 Å². The van der Waals surface area contributed by atoms with Gasteiger partial charge >= 0.3 is 0 Å². The van der Waals surface area contributed by atoms with E-state index in [1.807, 2.05) is 12.1 Å². The van der Waals surface area contributed by atoms with Crippen LogP contribution in [-0.4, -0.2) is 31.6 Å². The lowest BCUT2D eigenvalue weighted by atomic mass is 10.0. The topological polar surface area (TPSA) is 15.3 Å². The molecule has 96 valence electrons. The lowest BCUT2D eigenvalue weighted by Gasteiger charge is -2.24. The van der Waals surface area contributed by atoms with Crippen molar-refractivity contribution in [3.8, 4) is 0 Å². The van der Waals surface area contributed by atoms with Gasteiger partial charge in [-0.15, -0.1) is 0 Å². The predicted molar refractivity (Wildman–Crippen MR) is 70.6 cm³/mol. The smallest absolute Gasteiger partial charge is 0.127 e. The molecule has 0 radical (unpaired) electrons. The fraction of sp³-hybridized carbons (Fsp3) is 0.571. The van der Waals surface area contributed by atoms with Crippen LogP contribution in [0.4, 0.5) is 4.39 Å². The third-order valence-corrected chi connectivity index (χ3v) is 3.23. The summed E-state index contributed by atoms with van der Waals surface area (Å²) in [5.41, 5.74) is 0.765. The van der Waals surface area contributed by atoms with Gasteiger partial charge in [0.25, 0.3) is 0 Å². The van der Waals surface area contributed by atoms with Crippen molar-refractivity contribution in [2.75, 3.05) is 20.6 Å². The Morgan fingerprint density at radius 2 is 1.94 bits per heavy atom. The highest BCUT2D eigenvalue weighted by atomic mass is 19.1. The molecule has 0 aromatic heterocycles. The summed E-state index contributed by atoms with van der Waals surface area (Å²) in [5.74, 6) is -0.121. The lowest BCUT2D eigenvalue weighted by Crippen LogP contribution is -2.37. The van der Waals surface area contributed by atoms with E-state index in [1.165, 1.54) is 6.07 Å². The number of likely N-dealkylation sites (N-methyl/N-ethyl adjacent to an activating group) is 1. The van der Waals surface area contributed by atoms with E-state index < -0.39 is 0 Å². The molecule has 1 N–H and O–H groups in total. The van der Waals surface area contributed by atoms with E-state index in [-0.39, 0.29) is 11.9 Å². The highest BCUT2D eigenvalue weighted by Gasteiger charge is 2.14. The molecule has 2 nitrogen and oxygen atoms in total. The minimum atomic E-state index is -0.121. The normalized spacial score (nSPS) is 14.9. The number of nitrogens with one attached hydrogen (secondary N) is 1. The van der Waals surface area contributed by atoms with Crippen LogP contribution in [0.3, 0.4) is 0 Å². The molecule has 0 saturated heterocycles. The standard InChI is InChI=1S/C14H23FN2/c1-5-14(16-10-11(2)17(3)4)12-8-6-7-9-13(12)15/h6-9,11,14,16H,5,10H2,1-4H3. The first-order valence-electron chi connectivity index (χ1n) is 6.20. The third kappa shape index (κ3) is 4.10. The number of rotatable bonds is 6. The van der Waals surface area contributed by atoms with Crippen molar-refractivity contribution < 1.29 is 4.39 Å². The first kappa shape index (κ1) is 14.1. The van der Waals surface area contributed by atoms with Crippen LogP contribution in [0.5, 0.6) is 0 Å². The number of nitrogens with zero attached hydrogens (tertiary/aromatic N) is 1. The summed E-state index contributed by atoms with van der Waals surface area (Å²) in [6.45, 7) is 5.09. The van der Waals surface area contributed by atoms with Crippen molar-refractivity contribution in [2.24, 2.45) is 0 Å². The summed E-state index contributed by atoms with van der Waals surface area (Å²) >= 11 is 0. The van der Waals surface area contributed by atoms with Gasteiger partial charge in [-0.3, -0.25) is 0 Å². The average molecular weight is 238 g/mol. The molecule has 1 rings (SSSR count). The molecule has 2 atom stereocenters. The van der Waals surface area contributed by atoms with E-state index in [4.69, 9.17) is 0 Å². The molecule has 2 unspecified atom stereocenters. The monoisotopic (exact) mass is 238 g/mol. The summed E-state index contributed by atoms with van der Waals surface area (Å²) in [6.07, 6.45) is 0.890. The second-order valence-electron chi connectivity index (χ2n) is 4.70. The summed E-state index contributed by atoms with van der Waals surface area (Å²) in [5, 5.41) is 3.43. The molecule has 3 heteroatoms. The van der Waals surface area contributed by atoms with E-state index in [1.54, 1.807) is 6.07 Å². The van der Waals surface area contributed by atoms with Gasteiger partial charge in [0.2, 0.25) is 0 Å². The van der Waals surface area contributed by atoms with Crippen LogP contribution < -0.4 is 5.32 Å². The van der Waals surface area contributed by atoms with Gasteiger partial charge in [0.05, 0.1) is 0 Å². The van der Waals surface area contributed by atoms with Gasteiger partial charge in [0, 0.05) is 24.2 Å². The number of benzene rings is 1. The van der Waals surface area contributed by atoms with Crippen molar-refractivity contribution in [3.63, 3.8) is 0 Å². The van der Waals surface area contributed by atoms with E-state index in [0.29, 0.717) is 6.04 Å². The van der Waals surface area contributed by atoms with E-state index >= 15 is 0 Å². The Kier molecular flexibility index (Phi) is 5.59. The Balaban J connectivity index is 2.64. The second-order valence-corrected chi connectivity index (χ2v) is 4.70. The Bertz CT molecular complexity index is 339. The van der Waals surface area contributed by atoms with Gasteiger partial charge in [-0.05, 0) is 33.5 Å².